The van der Waals surface area contributed by atoms with Crippen molar-refractivity contribution in [1.82, 2.24) is 0 Å². The van der Waals surface area contributed by atoms with Gasteiger partial charge in [0.2, 0.25) is 0 Å². The van der Waals surface area contributed by atoms with Crippen LogP contribution in [0.15, 0.2) is 60.8 Å². The van der Waals surface area contributed by atoms with Gasteiger partial charge >= 0.3 is 17.9 Å². The summed E-state index contributed by atoms with van der Waals surface area (Å²) in [6.07, 6.45) is 47.2. The van der Waals surface area contributed by atoms with Gasteiger partial charge in [-0.2, -0.15) is 0 Å². The summed E-state index contributed by atoms with van der Waals surface area (Å²) < 4.78 is 22.7. The lowest BCUT2D eigenvalue weighted by Gasteiger charge is -2.25. The molecule has 0 aromatic carbocycles. The third-order valence-corrected chi connectivity index (χ3v) is 9.79. The van der Waals surface area contributed by atoms with Gasteiger partial charge < -0.3 is 28.5 Å². The molecule has 0 aliphatic rings. The topological polar surface area (TPSA) is 108 Å². The molecule has 0 heterocycles. The lowest BCUT2D eigenvalue weighted by molar-refractivity contribution is -0.870. The Morgan fingerprint density at radius 3 is 1.42 bits per heavy atom. The Hall–Kier alpha value is -3.01. The summed E-state index contributed by atoms with van der Waals surface area (Å²) in [6, 6.07) is 0. The lowest BCUT2D eigenvalue weighted by atomic mass is 10.0. The average Bonchev–Trinajstić information content (AvgIpc) is 3.19. The number of hydrogen-bond donors (Lipinski definition) is 1. The van der Waals surface area contributed by atoms with Crippen molar-refractivity contribution in [3.8, 4) is 0 Å². The van der Waals surface area contributed by atoms with E-state index in [1.54, 1.807) is 0 Å². The zero-order chi connectivity index (χ0) is 43.5. The molecule has 59 heavy (non-hydrogen) atoms. The highest BCUT2D eigenvalue weighted by atomic mass is 16.7. The molecular weight excluding hydrogens is 743 g/mol. The summed E-state index contributed by atoms with van der Waals surface area (Å²) in [6.45, 7) is 4.69. The van der Waals surface area contributed by atoms with E-state index in [2.05, 4.69) is 74.6 Å². The molecule has 0 aromatic heterocycles. The first-order chi connectivity index (χ1) is 28.6. The number of carboxylic acid groups (broad SMARTS) is 1. The second-order valence-electron chi connectivity index (χ2n) is 16.7. The Balaban J connectivity index is 4.49. The number of hydrogen-bond acceptors (Lipinski definition) is 7. The van der Waals surface area contributed by atoms with Crippen LogP contribution in [-0.4, -0.2) is 87.4 Å². The first kappa shape index (κ1) is 56.0. The standard InChI is InChI=1S/C50H87NO8/c1-6-8-10-12-14-16-18-20-22-24-26-28-30-32-34-36-38-40-47(52)57-44-46(45-58-50(49(54)55)56-43-42-51(3,4)5)59-48(53)41-39-37-35-33-31-29-27-25-23-21-19-17-15-13-11-9-7-2/h9,11,15,17,21,23,27,29,33,35,46,50H,6-8,10,12-14,16,18-20,22,24-26,28,30-32,34,36-45H2,1-5H3/p+1/b11-9-,17-15-,23-21-,29-27-,35-33-. The van der Waals surface area contributed by atoms with Gasteiger partial charge in [0, 0.05) is 12.8 Å². The van der Waals surface area contributed by atoms with Crippen molar-refractivity contribution in [2.45, 2.75) is 193 Å². The van der Waals surface area contributed by atoms with Crippen molar-refractivity contribution in [2.75, 3.05) is 47.5 Å². The summed E-state index contributed by atoms with van der Waals surface area (Å²) in [4.78, 5) is 37.1. The Kier molecular flexibility index (Phi) is 39.6. The Bertz CT molecular complexity index is 1150. The predicted octanol–water partition coefficient (Wildman–Crippen LogP) is 12.6. The summed E-state index contributed by atoms with van der Waals surface area (Å²) in [7, 11) is 5.93. The molecule has 0 fully saturated rings. The summed E-state index contributed by atoms with van der Waals surface area (Å²) in [5.41, 5.74) is 0. The maximum Gasteiger partial charge on any atom is 0.361 e. The highest BCUT2D eigenvalue weighted by Crippen LogP contribution is 2.15. The molecule has 0 radical (unpaired) electrons. The van der Waals surface area contributed by atoms with Crippen LogP contribution >= 0.6 is 0 Å². The van der Waals surface area contributed by atoms with Crippen molar-refractivity contribution >= 4 is 17.9 Å². The van der Waals surface area contributed by atoms with Crippen LogP contribution in [0.2, 0.25) is 0 Å². The second kappa shape index (κ2) is 41.7. The van der Waals surface area contributed by atoms with Crippen molar-refractivity contribution in [3.05, 3.63) is 60.8 Å². The molecule has 340 valence electrons. The molecule has 9 heteroatoms. The van der Waals surface area contributed by atoms with Crippen molar-refractivity contribution in [3.63, 3.8) is 0 Å². The number of carbonyl (C=O) groups is 3. The van der Waals surface area contributed by atoms with Gasteiger partial charge in [-0.3, -0.25) is 9.59 Å². The van der Waals surface area contributed by atoms with E-state index in [0.717, 1.165) is 57.8 Å². The molecule has 2 unspecified atom stereocenters. The molecule has 9 nitrogen and oxygen atoms in total. The fourth-order valence-electron chi connectivity index (χ4n) is 6.17. The SMILES string of the molecule is CC/C=C\C/C=C\C/C=C\C/C=C\C/C=C\CCCC(=O)OC(COC(=O)CCCCCCCCCCCCCCCCCCC)COC(OCC[N+](C)(C)C)C(=O)O. The van der Waals surface area contributed by atoms with E-state index >= 15 is 0 Å². The molecule has 0 aliphatic heterocycles. The highest BCUT2D eigenvalue weighted by molar-refractivity contribution is 5.71. The van der Waals surface area contributed by atoms with E-state index in [0.29, 0.717) is 23.9 Å². The summed E-state index contributed by atoms with van der Waals surface area (Å²) in [5.74, 6) is -2.09. The summed E-state index contributed by atoms with van der Waals surface area (Å²) in [5, 5.41) is 9.64. The van der Waals surface area contributed by atoms with Gasteiger partial charge in [-0.25, -0.2) is 4.79 Å². The number of ether oxygens (including phenoxy) is 4. The van der Waals surface area contributed by atoms with E-state index in [1.165, 1.54) is 89.9 Å². The number of carboxylic acids is 1. The van der Waals surface area contributed by atoms with Crippen molar-refractivity contribution in [1.29, 1.82) is 0 Å². The number of quaternary nitrogens is 1. The molecule has 1 N–H and O–H groups in total. The fraction of sp³-hybridized carbons (Fsp3) is 0.740. The van der Waals surface area contributed by atoms with E-state index < -0.39 is 24.3 Å². The number of allylic oxidation sites excluding steroid dienone is 10. The minimum Gasteiger partial charge on any atom is -0.477 e. The van der Waals surface area contributed by atoms with Crippen LogP contribution in [0.3, 0.4) is 0 Å². The molecule has 0 aromatic rings. The molecule has 0 saturated heterocycles. The lowest BCUT2D eigenvalue weighted by Crippen LogP contribution is -2.40. The Morgan fingerprint density at radius 2 is 0.966 bits per heavy atom. The van der Waals surface area contributed by atoms with Gasteiger partial charge in [0.15, 0.2) is 6.10 Å². The minimum atomic E-state index is -1.52. The number of esters is 2. The number of likely N-dealkylation sites (N-methyl/N-ethyl adjacent to an activating group) is 1. The van der Waals surface area contributed by atoms with E-state index in [4.69, 9.17) is 18.9 Å². The first-order valence-corrected chi connectivity index (χ1v) is 23.5. The Labute approximate surface area is 361 Å². The monoisotopic (exact) mass is 831 g/mol. The smallest absolute Gasteiger partial charge is 0.361 e. The molecule has 0 saturated carbocycles. The molecule has 0 amide bonds. The number of nitrogens with zero attached hydrogens (tertiary/aromatic N) is 1. The Morgan fingerprint density at radius 1 is 0.525 bits per heavy atom. The number of rotatable bonds is 42. The number of aliphatic carboxylic acids is 1. The van der Waals surface area contributed by atoms with Gasteiger partial charge in [-0.1, -0.05) is 177 Å². The number of carbonyl (C=O) groups excluding carboxylic acids is 2. The van der Waals surface area contributed by atoms with Gasteiger partial charge in [0.25, 0.3) is 6.29 Å². The van der Waals surface area contributed by atoms with Crippen LogP contribution in [0.5, 0.6) is 0 Å². The van der Waals surface area contributed by atoms with Gasteiger partial charge in [0.05, 0.1) is 34.4 Å². The minimum absolute atomic E-state index is 0.176. The van der Waals surface area contributed by atoms with Crippen molar-refractivity contribution < 1.29 is 42.9 Å². The quantitative estimate of drug-likeness (QED) is 0.0213. The van der Waals surface area contributed by atoms with Crippen LogP contribution < -0.4 is 0 Å². The molecule has 0 bridgehead atoms. The van der Waals surface area contributed by atoms with Crippen LogP contribution in [0.25, 0.3) is 0 Å². The van der Waals surface area contributed by atoms with Crippen LogP contribution in [0.4, 0.5) is 0 Å². The molecule has 0 spiro atoms. The van der Waals surface area contributed by atoms with Crippen molar-refractivity contribution in [2.24, 2.45) is 0 Å². The zero-order valence-corrected chi connectivity index (χ0v) is 38.4. The van der Waals surface area contributed by atoms with Gasteiger partial charge in [-0.15, -0.1) is 0 Å². The van der Waals surface area contributed by atoms with Gasteiger partial charge in [0.1, 0.15) is 13.2 Å². The molecule has 0 aliphatic carbocycles. The maximum absolute atomic E-state index is 12.7. The molecular formula is C50H88NO8+. The molecule has 0 rings (SSSR count). The van der Waals surface area contributed by atoms with Gasteiger partial charge in [-0.05, 0) is 51.4 Å². The maximum atomic E-state index is 12.7. The third kappa shape index (κ3) is 42.9. The number of unbranched alkanes of at least 4 members (excludes halogenated alkanes) is 17. The largest absolute Gasteiger partial charge is 0.477 e. The van der Waals surface area contributed by atoms with Crippen LogP contribution in [-0.2, 0) is 33.3 Å². The average molecular weight is 831 g/mol. The molecule has 2 atom stereocenters. The van der Waals surface area contributed by atoms with E-state index in [9.17, 15) is 19.5 Å². The zero-order valence-electron chi connectivity index (χ0n) is 38.4. The van der Waals surface area contributed by atoms with Crippen LogP contribution in [0.1, 0.15) is 181 Å². The predicted molar refractivity (Wildman–Crippen MR) is 244 cm³/mol. The second-order valence-corrected chi connectivity index (χ2v) is 16.7. The third-order valence-electron chi connectivity index (χ3n) is 9.79. The first-order valence-electron chi connectivity index (χ1n) is 23.5. The van der Waals surface area contributed by atoms with E-state index in [-0.39, 0.29) is 32.2 Å². The highest BCUT2D eigenvalue weighted by Gasteiger charge is 2.25. The fourth-order valence-corrected chi connectivity index (χ4v) is 6.17. The van der Waals surface area contributed by atoms with Crippen LogP contribution in [0, 0.1) is 0 Å². The summed E-state index contributed by atoms with van der Waals surface area (Å²) >= 11 is 0. The normalized spacial score (nSPS) is 13.4. The van der Waals surface area contributed by atoms with E-state index in [1.807, 2.05) is 21.1 Å².